The van der Waals surface area contributed by atoms with E-state index in [2.05, 4.69) is 17.2 Å². The van der Waals surface area contributed by atoms with Crippen LogP contribution < -0.4 is 15.4 Å². The summed E-state index contributed by atoms with van der Waals surface area (Å²) in [5, 5.41) is 5.57. The fourth-order valence-electron chi connectivity index (χ4n) is 2.47. The number of benzene rings is 1. The number of hydrogen-bond acceptors (Lipinski definition) is 4. The summed E-state index contributed by atoms with van der Waals surface area (Å²) in [6.07, 6.45) is 1.93. The van der Waals surface area contributed by atoms with Crippen LogP contribution in [0.5, 0.6) is 5.75 Å². The maximum absolute atomic E-state index is 12.2. The molecule has 130 valence electrons. The van der Waals surface area contributed by atoms with Crippen molar-refractivity contribution in [1.82, 2.24) is 10.2 Å². The van der Waals surface area contributed by atoms with Crippen molar-refractivity contribution in [2.24, 2.45) is 0 Å². The van der Waals surface area contributed by atoms with Crippen LogP contribution in [-0.4, -0.2) is 56.3 Å². The van der Waals surface area contributed by atoms with Crippen LogP contribution in [0.25, 0.3) is 0 Å². The van der Waals surface area contributed by atoms with Gasteiger partial charge in [-0.3, -0.25) is 4.79 Å². The number of nitrogens with one attached hydrogen (secondary N) is 2. The zero-order chi connectivity index (χ0) is 17.4. The maximum atomic E-state index is 12.2. The third kappa shape index (κ3) is 4.99. The van der Waals surface area contributed by atoms with Gasteiger partial charge in [-0.05, 0) is 12.1 Å². The number of carbonyl (C=O) groups is 2. The molecule has 0 spiro atoms. The number of likely N-dealkylation sites (tertiary alicyclic amines) is 1. The normalized spacial score (nSPS) is 16.8. The molecule has 1 atom stereocenters. The third-order valence-electron chi connectivity index (χ3n) is 3.61. The highest BCUT2D eigenvalue weighted by Gasteiger charge is 2.30. The number of hydrogen-bond donors (Lipinski definition) is 2. The molecule has 0 unspecified atom stereocenters. The lowest BCUT2D eigenvalue weighted by atomic mass is 10.2. The molecule has 1 saturated heterocycles. The lowest BCUT2D eigenvalue weighted by molar-refractivity contribution is -0.128. The molecule has 2 N–H and O–H groups in total. The molecule has 24 heavy (non-hydrogen) atoms. The number of para-hydroxylation sites is 2. The van der Waals surface area contributed by atoms with Gasteiger partial charge in [-0.2, -0.15) is 0 Å². The highest BCUT2D eigenvalue weighted by atomic mass is 16.5. The van der Waals surface area contributed by atoms with Gasteiger partial charge in [0.15, 0.2) is 0 Å². The lowest BCUT2D eigenvalue weighted by Crippen LogP contribution is -2.40. The molecule has 0 bridgehead atoms. The standard InChI is InChI=1S/C17H23N3O4/c1-3-9-24-15-7-5-4-6-14(15)19-17(22)18-13-11-16(21)20(12-13)8-10-23-2/h3-7,13H,1,8-12H2,2H3,(H2,18,19,22)/t13-/m0/s1. The fraction of sp³-hybridized carbons (Fsp3) is 0.412. The summed E-state index contributed by atoms with van der Waals surface area (Å²) in [7, 11) is 1.59. The van der Waals surface area contributed by atoms with Gasteiger partial charge in [-0.25, -0.2) is 4.79 Å². The number of ether oxygens (including phenoxy) is 2. The zero-order valence-corrected chi connectivity index (χ0v) is 13.8. The van der Waals surface area contributed by atoms with Gasteiger partial charge in [0.05, 0.1) is 18.3 Å². The Kier molecular flexibility index (Phi) is 6.62. The Hall–Kier alpha value is -2.54. The van der Waals surface area contributed by atoms with Gasteiger partial charge in [0.1, 0.15) is 12.4 Å². The van der Waals surface area contributed by atoms with Crippen LogP contribution >= 0.6 is 0 Å². The van der Waals surface area contributed by atoms with Crippen LogP contribution in [0.2, 0.25) is 0 Å². The molecular formula is C17H23N3O4. The summed E-state index contributed by atoms with van der Waals surface area (Å²) in [4.78, 5) is 25.7. The second-order valence-corrected chi connectivity index (χ2v) is 5.43. The van der Waals surface area contributed by atoms with Crippen molar-refractivity contribution in [3.05, 3.63) is 36.9 Å². The first-order chi connectivity index (χ1) is 11.6. The molecule has 7 nitrogen and oxygen atoms in total. The van der Waals surface area contributed by atoms with Crippen molar-refractivity contribution in [2.75, 3.05) is 38.7 Å². The van der Waals surface area contributed by atoms with Gasteiger partial charge >= 0.3 is 6.03 Å². The van der Waals surface area contributed by atoms with E-state index < -0.39 is 0 Å². The summed E-state index contributed by atoms with van der Waals surface area (Å²) >= 11 is 0. The first-order valence-corrected chi connectivity index (χ1v) is 7.81. The molecule has 1 fully saturated rings. The minimum absolute atomic E-state index is 0.0204. The van der Waals surface area contributed by atoms with Crippen molar-refractivity contribution in [3.63, 3.8) is 0 Å². The summed E-state index contributed by atoms with van der Waals surface area (Å²) in [5.74, 6) is 0.587. The van der Waals surface area contributed by atoms with Gasteiger partial charge < -0.3 is 25.0 Å². The number of methoxy groups -OCH3 is 1. The van der Waals surface area contributed by atoms with E-state index in [9.17, 15) is 9.59 Å². The minimum atomic E-state index is -0.365. The van der Waals surface area contributed by atoms with Gasteiger partial charge in [0.2, 0.25) is 5.91 Å². The van der Waals surface area contributed by atoms with E-state index in [1.54, 1.807) is 30.2 Å². The van der Waals surface area contributed by atoms with Crippen LogP contribution in [0.1, 0.15) is 6.42 Å². The van der Waals surface area contributed by atoms with Crippen LogP contribution in [0.4, 0.5) is 10.5 Å². The minimum Gasteiger partial charge on any atom is -0.487 e. The van der Waals surface area contributed by atoms with E-state index in [1.807, 2.05) is 12.1 Å². The quantitative estimate of drug-likeness (QED) is 0.709. The molecule has 1 aliphatic heterocycles. The van der Waals surface area contributed by atoms with E-state index in [-0.39, 0.29) is 18.0 Å². The van der Waals surface area contributed by atoms with Crippen molar-refractivity contribution in [2.45, 2.75) is 12.5 Å². The number of anilines is 1. The average molecular weight is 333 g/mol. The van der Waals surface area contributed by atoms with Crippen LogP contribution in [0.3, 0.4) is 0 Å². The molecule has 1 heterocycles. The Morgan fingerprint density at radius 2 is 2.25 bits per heavy atom. The Morgan fingerprint density at radius 1 is 1.46 bits per heavy atom. The molecule has 3 amide bonds. The van der Waals surface area contributed by atoms with Crippen molar-refractivity contribution in [3.8, 4) is 5.75 Å². The molecule has 1 aromatic rings. The van der Waals surface area contributed by atoms with E-state index >= 15 is 0 Å². The lowest BCUT2D eigenvalue weighted by Gasteiger charge is -2.17. The van der Waals surface area contributed by atoms with Crippen molar-refractivity contribution >= 4 is 17.6 Å². The Morgan fingerprint density at radius 3 is 3.00 bits per heavy atom. The van der Waals surface area contributed by atoms with Gasteiger partial charge in [-0.15, -0.1) is 0 Å². The van der Waals surface area contributed by atoms with Crippen molar-refractivity contribution < 1.29 is 19.1 Å². The molecular weight excluding hydrogens is 310 g/mol. The summed E-state index contributed by atoms with van der Waals surface area (Å²) in [6.45, 7) is 5.46. The predicted octanol–water partition coefficient (Wildman–Crippen LogP) is 1.62. The molecule has 0 aliphatic carbocycles. The van der Waals surface area contributed by atoms with Gasteiger partial charge in [0, 0.05) is 26.6 Å². The predicted molar refractivity (Wildman–Crippen MR) is 91.1 cm³/mol. The Bertz CT molecular complexity index is 591. The highest BCUT2D eigenvalue weighted by Crippen LogP contribution is 2.23. The highest BCUT2D eigenvalue weighted by molar-refractivity contribution is 5.92. The molecule has 1 aromatic carbocycles. The van der Waals surface area contributed by atoms with E-state index in [0.717, 1.165) is 0 Å². The molecule has 2 rings (SSSR count). The SMILES string of the molecule is C=CCOc1ccccc1NC(=O)N[C@H]1CC(=O)N(CCOC)C1. The smallest absolute Gasteiger partial charge is 0.319 e. The van der Waals surface area contributed by atoms with E-state index in [1.165, 1.54) is 0 Å². The average Bonchev–Trinajstić information content (AvgIpc) is 2.91. The number of amides is 3. The number of carbonyl (C=O) groups excluding carboxylic acids is 2. The largest absolute Gasteiger partial charge is 0.487 e. The first kappa shape index (κ1) is 17.8. The van der Waals surface area contributed by atoms with Crippen molar-refractivity contribution in [1.29, 1.82) is 0 Å². The number of urea groups is 1. The summed E-state index contributed by atoms with van der Waals surface area (Å²) in [5.41, 5.74) is 0.567. The summed E-state index contributed by atoms with van der Waals surface area (Å²) in [6, 6.07) is 6.58. The van der Waals surface area contributed by atoms with Gasteiger partial charge in [0.25, 0.3) is 0 Å². The monoisotopic (exact) mass is 333 g/mol. The topological polar surface area (TPSA) is 79.9 Å². The summed E-state index contributed by atoms with van der Waals surface area (Å²) < 4.78 is 10.5. The fourth-order valence-corrected chi connectivity index (χ4v) is 2.47. The van der Waals surface area contributed by atoms with E-state index in [0.29, 0.717) is 44.2 Å². The maximum Gasteiger partial charge on any atom is 0.319 e. The molecule has 1 aliphatic rings. The van der Waals surface area contributed by atoms with Crippen LogP contribution in [0, 0.1) is 0 Å². The third-order valence-corrected chi connectivity index (χ3v) is 3.61. The second-order valence-electron chi connectivity index (χ2n) is 5.43. The van der Waals surface area contributed by atoms with Gasteiger partial charge in [-0.1, -0.05) is 24.8 Å². The second kappa shape index (κ2) is 8.93. The Labute approximate surface area is 141 Å². The Balaban J connectivity index is 1.88. The first-order valence-electron chi connectivity index (χ1n) is 7.81. The number of nitrogens with zero attached hydrogens (tertiary/aromatic N) is 1. The molecule has 0 saturated carbocycles. The molecule has 7 heteroatoms. The number of rotatable bonds is 8. The van der Waals surface area contributed by atoms with Crippen LogP contribution in [-0.2, 0) is 9.53 Å². The zero-order valence-electron chi connectivity index (χ0n) is 13.8. The van der Waals surface area contributed by atoms with Crippen LogP contribution in [0.15, 0.2) is 36.9 Å². The van der Waals surface area contributed by atoms with E-state index in [4.69, 9.17) is 9.47 Å². The molecule has 0 aromatic heterocycles. The molecule has 0 radical (unpaired) electrons.